The third-order valence-corrected chi connectivity index (χ3v) is 5.75. The highest BCUT2D eigenvalue weighted by Crippen LogP contribution is 2.33. The Morgan fingerprint density at radius 2 is 2.00 bits per heavy atom. The summed E-state index contributed by atoms with van der Waals surface area (Å²) in [5.74, 6) is 1.06. The zero-order valence-electron chi connectivity index (χ0n) is 16.0. The van der Waals surface area contributed by atoms with Gasteiger partial charge in [0.15, 0.2) is 0 Å². The van der Waals surface area contributed by atoms with E-state index in [9.17, 15) is 9.90 Å². The first kappa shape index (κ1) is 18.9. The summed E-state index contributed by atoms with van der Waals surface area (Å²) in [6.07, 6.45) is 6.75. The predicted molar refractivity (Wildman–Crippen MR) is 101 cm³/mol. The smallest absolute Gasteiger partial charge is 0.313 e. The first-order chi connectivity index (χ1) is 12.4. The molecule has 2 fully saturated rings. The SMILES string of the molecule is CC(Nc1ncc(C(C)(C)C(=O)O)c(N2CCOCC2)n1)C1CCCC1. The van der Waals surface area contributed by atoms with Crippen LogP contribution >= 0.6 is 0 Å². The Labute approximate surface area is 155 Å². The number of hydrogen-bond acceptors (Lipinski definition) is 6. The molecule has 2 heterocycles. The van der Waals surface area contributed by atoms with Gasteiger partial charge < -0.3 is 20.1 Å². The Bertz CT molecular complexity index is 638. The second-order valence-corrected chi connectivity index (χ2v) is 7.94. The van der Waals surface area contributed by atoms with Gasteiger partial charge in [0.1, 0.15) is 5.82 Å². The van der Waals surface area contributed by atoms with E-state index in [4.69, 9.17) is 9.72 Å². The number of aromatic nitrogens is 2. The number of anilines is 2. The van der Waals surface area contributed by atoms with E-state index >= 15 is 0 Å². The van der Waals surface area contributed by atoms with Crippen molar-refractivity contribution in [3.63, 3.8) is 0 Å². The Balaban J connectivity index is 1.89. The maximum absolute atomic E-state index is 11.8. The molecule has 144 valence electrons. The van der Waals surface area contributed by atoms with Crippen molar-refractivity contribution < 1.29 is 14.6 Å². The van der Waals surface area contributed by atoms with Crippen LogP contribution in [0.4, 0.5) is 11.8 Å². The van der Waals surface area contributed by atoms with Gasteiger partial charge in [-0.05, 0) is 39.5 Å². The first-order valence-corrected chi connectivity index (χ1v) is 9.59. The van der Waals surface area contributed by atoms with E-state index in [0.717, 1.165) is 0 Å². The third kappa shape index (κ3) is 3.92. The van der Waals surface area contributed by atoms with Crippen LogP contribution in [0.1, 0.15) is 52.0 Å². The van der Waals surface area contributed by atoms with Crippen LogP contribution in [0.5, 0.6) is 0 Å². The molecule has 1 aliphatic heterocycles. The molecule has 3 rings (SSSR count). The minimum absolute atomic E-state index is 0.313. The number of aliphatic carboxylic acids is 1. The van der Waals surface area contributed by atoms with Gasteiger partial charge in [-0.3, -0.25) is 4.79 Å². The summed E-state index contributed by atoms with van der Waals surface area (Å²) in [4.78, 5) is 23.1. The number of rotatable bonds is 6. The zero-order chi connectivity index (χ0) is 18.7. The highest BCUT2D eigenvalue weighted by molar-refractivity contribution is 5.82. The van der Waals surface area contributed by atoms with E-state index in [0.29, 0.717) is 55.6 Å². The van der Waals surface area contributed by atoms with Crippen molar-refractivity contribution in [1.29, 1.82) is 0 Å². The number of carboxylic acid groups (broad SMARTS) is 1. The molecule has 1 atom stereocenters. The van der Waals surface area contributed by atoms with Crippen LogP contribution < -0.4 is 10.2 Å². The quantitative estimate of drug-likeness (QED) is 0.804. The van der Waals surface area contributed by atoms with Crippen LogP contribution in [0.2, 0.25) is 0 Å². The second kappa shape index (κ2) is 7.78. The molecule has 1 saturated carbocycles. The lowest BCUT2D eigenvalue weighted by atomic mass is 9.85. The Morgan fingerprint density at radius 1 is 1.35 bits per heavy atom. The van der Waals surface area contributed by atoms with Gasteiger partial charge in [-0.25, -0.2) is 4.98 Å². The Morgan fingerprint density at radius 3 is 2.62 bits per heavy atom. The van der Waals surface area contributed by atoms with Crippen LogP contribution in [0.15, 0.2) is 6.20 Å². The summed E-state index contributed by atoms with van der Waals surface area (Å²) in [7, 11) is 0. The number of carboxylic acids is 1. The third-order valence-electron chi connectivity index (χ3n) is 5.75. The van der Waals surface area contributed by atoms with Gasteiger partial charge in [0, 0.05) is 30.9 Å². The fourth-order valence-electron chi connectivity index (χ4n) is 3.79. The minimum Gasteiger partial charge on any atom is -0.481 e. The molecule has 2 N–H and O–H groups in total. The fourth-order valence-corrected chi connectivity index (χ4v) is 3.79. The van der Waals surface area contributed by atoms with Crippen LogP contribution in [-0.2, 0) is 14.9 Å². The summed E-state index contributed by atoms with van der Waals surface area (Å²) in [5, 5.41) is 13.1. The van der Waals surface area contributed by atoms with Crippen molar-refractivity contribution in [3.05, 3.63) is 11.8 Å². The molecule has 1 aliphatic carbocycles. The Hall–Kier alpha value is -1.89. The summed E-state index contributed by atoms with van der Waals surface area (Å²) in [6, 6.07) is 0.313. The largest absolute Gasteiger partial charge is 0.481 e. The average molecular weight is 362 g/mol. The van der Waals surface area contributed by atoms with Crippen molar-refractivity contribution in [3.8, 4) is 0 Å². The van der Waals surface area contributed by atoms with Crippen molar-refractivity contribution in [1.82, 2.24) is 9.97 Å². The van der Waals surface area contributed by atoms with Gasteiger partial charge >= 0.3 is 5.97 Å². The van der Waals surface area contributed by atoms with E-state index in [1.807, 2.05) is 0 Å². The molecule has 26 heavy (non-hydrogen) atoms. The first-order valence-electron chi connectivity index (χ1n) is 9.59. The Kier molecular flexibility index (Phi) is 5.65. The lowest BCUT2D eigenvalue weighted by Gasteiger charge is -2.33. The normalized spacial score (nSPS) is 20.2. The summed E-state index contributed by atoms with van der Waals surface area (Å²) in [5.41, 5.74) is -0.408. The number of hydrogen-bond donors (Lipinski definition) is 2. The molecule has 0 aromatic carbocycles. The van der Waals surface area contributed by atoms with Crippen molar-refractivity contribution in [2.24, 2.45) is 5.92 Å². The lowest BCUT2D eigenvalue weighted by molar-refractivity contribution is -0.142. The minimum atomic E-state index is -1.05. The van der Waals surface area contributed by atoms with E-state index in [2.05, 4.69) is 22.1 Å². The summed E-state index contributed by atoms with van der Waals surface area (Å²) in [6.45, 7) is 8.24. The number of ether oxygens (including phenoxy) is 1. The molecule has 7 heteroatoms. The van der Waals surface area contributed by atoms with E-state index in [1.165, 1.54) is 25.7 Å². The van der Waals surface area contributed by atoms with Gasteiger partial charge in [0.05, 0.1) is 18.6 Å². The molecule has 0 amide bonds. The van der Waals surface area contributed by atoms with Crippen LogP contribution in [-0.4, -0.2) is 53.4 Å². The number of nitrogens with zero attached hydrogens (tertiary/aromatic N) is 3. The molecule has 0 bridgehead atoms. The molecule has 1 aromatic heterocycles. The lowest BCUT2D eigenvalue weighted by Crippen LogP contribution is -2.40. The van der Waals surface area contributed by atoms with Crippen LogP contribution in [0, 0.1) is 5.92 Å². The van der Waals surface area contributed by atoms with Crippen LogP contribution in [0.3, 0.4) is 0 Å². The second-order valence-electron chi connectivity index (χ2n) is 7.94. The molecule has 2 aliphatic rings. The zero-order valence-corrected chi connectivity index (χ0v) is 16.0. The number of morpholine rings is 1. The van der Waals surface area contributed by atoms with Gasteiger partial charge in [-0.1, -0.05) is 12.8 Å². The monoisotopic (exact) mass is 362 g/mol. The maximum atomic E-state index is 11.8. The molecule has 1 unspecified atom stereocenters. The summed E-state index contributed by atoms with van der Waals surface area (Å²) >= 11 is 0. The highest BCUT2D eigenvalue weighted by atomic mass is 16.5. The number of nitrogens with one attached hydrogen (secondary N) is 1. The molecular weight excluding hydrogens is 332 g/mol. The van der Waals surface area contributed by atoms with Crippen molar-refractivity contribution >= 4 is 17.7 Å². The molecule has 1 saturated heterocycles. The molecule has 1 aromatic rings. The van der Waals surface area contributed by atoms with Crippen LogP contribution in [0.25, 0.3) is 0 Å². The van der Waals surface area contributed by atoms with E-state index in [-0.39, 0.29) is 0 Å². The molecule has 0 spiro atoms. The van der Waals surface area contributed by atoms with E-state index < -0.39 is 11.4 Å². The molecular formula is C19H30N4O3. The fraction of sp³-hybridized carbons (Fsp3) is 0.737. The van der Waals surface area contributed by atoms with E-state index in [1.54, 1.807) is 20.0 Å². The predicted octanol–water partition coefficient (Wildman–Crippen LogP) is 2.67. The average Bonchev–Trinajstić information content (AvgIpc) is 3.17. The van der Waals surface area contributed by atoms with Gasteiger partial charge in [-0.2, -0.15) is 4.98 Å². The maximum Gasteiger partial charge on any atom is 0.313 e. The standard InChI is InChI=1S/C19H30N4O3/c1-13(14-6-4-5-7-14)21-18-20-12-15(19(2,3)17(24)25)16(22-18)23-8-10-26-11-9-23/h12-14H,4-11H2,1-3H3,(H,24,25)(H,20,21,22). The van der Waals surface area contributed by atoms with Crippen molar-refractivity contribution in [2.45, 2.75) is 57.9 Å². The summed E-state index contributed by atoms with van der Waals surface area (Å²) < 4.78 is 5.44. The van der Waals surface area contributed by atoms with Gasteiger partial charge in [0.2, 0.25) is 5.95 Å². The highest BCUT2D eigenvalue weighted by Gasteiger charge is 2.35. The number of carbonyl (C=O) groups is 1. The van der Waals surface area contributed by atoms with Gasteiger partial charge in [0.25, 0.3) is 0 Å². The topological polar surface area (TPSA) is 87.6 Å². The van der Waals surface area contributed by atoms with Gasteiger partial charge in [-0.15, -0.1) is 0 Å². The molecule has 7 nitrogen and oxygen atoms in total. The van der Waals surface area contributed by atoms with Crippen molar-refractivity contribution in [2.75, 3.05) is 36.5 Å². The molecule has 0 radical (unpaired) electrons.